The van der Waals surface area contributed by atoms with Gasteiger partial charge in [-0.15, -0.1) is 0 Å². The van der Waals surface area contributed by atoms with Gasteiger partial charge in [0.2, 0.25) is 0 Å². The number of amides is 2. The van der Waals surface area contributed by atoms with Crippen molar-refractivity contribution in [2.45, 2.75) is 6.10 Å². The number of nitrogens with one attached hydrogen (secondary N) is 2. The fourth-order valence-electron chi connectivity index (χ4n) is 4.31. The van der Waals surface area contributed by atoms with E-state index in [-0.39, 0.29) is 13.2 Å². The van der Waals surface area contributed by atoms with E-state index in [4.69, 9.17) is 25.8 Å². The van der Waals surface area contributed by atoms with E-state index in [9.17, 15) is 14.0 Å². The number of pyridine rings is 1. The highest BCUT2D eigenvalue weighted by atomic mass is 35.5. The molecular weight excluding hydrogens is 517 g/mol. The van der Waals surface area contributed by atoms with Crippen LogP contribution in [0.2, 0.25) is 5.02 Å². The second-order valence-corrected chi connectivity index (χ2v) is 9.27. The van der Waals surface area contributed by atoms with Crippen LogP contribution in [0.1, 0.15) is 0 Å². The zero-order valence-electron chi connectivity index (χ0n) is 20.5. The topological polar surface area (TPSA) is 105 Å². The summed E-state index contributed by atoms with van der Waals surface area (Å²) in [5.41, 5.74) is 1.66. The lowest BCUT2D eigenvalue weighted by atomic mass is 10.2. The second kappa shape index (κ2) is 11.7. The first-order valence-corrected chi connectivity index (χ1v) is 12.7. The molecular formula is C26H27ClFN5O5. The largest absolute Gasteiger partial charge is 0.446 e. The van der Waals surface area contributed by atoms with Gasteiger partial charge in [0.1, 0.15) is 18.2 Å². The summed E-state index contributed by atoms with van der Waals surface area (Å²) in [7, 11) is 0. The fraction of sp³-hybridized carbons (Fsp3) is 0.346. The van der Waals surface area contributed by atoms with E-state index in [1.54, 1.807) is 18.2 Å². The van der Waals surface area contributed by atoms with Crippen LogP contribution in [0.25, 0.3) is 10.9 Å². The molecule has 0 aliphatic carbocycles. The van der Waals surface area contributed by atoms with Crippen molar-refractivity contribution in [2.24, 2.45) is 0 Å². The van der Waals surface area contributed by atoms with Gasteiger partial charge in [-0.3, -0.25) is 4.90 Å². The first kappa shape index (κ1) is 25.8. The third kappa shape index (κ3) is 6.17. The van der Waals surface area contributed by atoms with Crippen molar-refractivity contribution in [1.29, 1.82) is 0 Å². The van der Waals surface area contributed by atoms with E-state index in [1.807, 2.05) is 29.2 Å². The maximum absolute atomic E-state index is 14.8. The molecule has 2 fully saturated rings. The Morgan fingerprint density at radius 3 is 2.79 bits per heavy atom. The summed E-state index contributed by atoms with van der Waals surface area (Å²) >= 11 is 5.99. The van der Waals surface area contributed by atoms with Crippen LogP contribution in [0.15, 0.2) is 48.5 Å². The minimum atomic E-state index is -0.663. The molecule has 0 saturated carbocycles. The Kier molecular flexibility index (Phi) is 7.94. The molecule has 0 bridgehead atoms. The number of hydrogen-bond donors (Lipinski definition) is 2. The number of cyclic esters (lactones) is 1. The molecule has 2 amide bonds. The lowest BCUT2D eigenvalue weighted by Gasteiger charge is -2.29. The zero-order chi connectivity index (χ0) is 26.5. The Bertz CT molecular complexity index is 1320. The maximum atomic E-state index is 14.8. The molecule has 0 unspecified atom stereocenters. The van der Waals surface area contributed by atoms with Crippen molar-refractivity contribution in [3.63, 3.8) is 0 Å². The highest BCUT2D eigenvalue weighted by molar-refractivity contribution is 6.31. The molecule has 0 radical (unpaired) electrons. The summed E-state index contributed by atoms with van der Waals surface area (Å²) in [5, 5.41) is 7.35. The molecule has 2 saturated heterocycles. The van der Waals surface area contributed by atoms with Crippen molar-refractivity contribution in [3.8, 4) is 0 Å². The standard InChI is InChI=1S/C26H27ClFN5O5/c27-18-2-4-22-17(13-18)1-6-24(31-22)29-7-8-30-25(34)37-16-20-15-33(26(35)38-20)19-3-5-23(21(28)14-19)32-9-11-36-12-10-32/h1-6,13-14,20H,7-12,15-16H2,(H,29,31)(H,30,34)/t20-/m1/s1. The lowest BCUT2D eigenvalue weighted by molar-refractivity contribution is 0.0738. The predicted molar refractivity (Wildman–Crippen MR) is 142 cm³/mol. The van der Waals surface area contributed by atoms with Gasteiger partial charge in [-0.1, -0.05) is 11.6 Å². The number of carbonyl (C=O) groups is 2. The molecule has 200 valence electrons. The van der Waals surface area contributed by atoms with Gasteiger partial charge in [0, 0.05) is 36.6 Å². The summed E-state index contributed by atoms with van der Waals surface area (Å²) < 4.78 is 30.6. The van der Waals surface area contributed by atoms with E-state index in [2.05, 4.69) is 15.6 Å². The van der Waals surface area contributed by atoms with Crippen LogP contribution in [-0.4, -0.2) is 75.8 Å². The van der Waals surface area contributed by atoms with Crippen molar-refractivity contribution in [1.82, 2.24) is 10.3 Å². The lowest BCUT2D eigenvalue weighted by Crippen LogP contribution is -2.36. The minimum Gasteiger partial charge on any atom is -0.446 e. The van der Waals surface area contributed by atoms with E-state index < -0.39 is 24.1 Å². The third-order valence-electron chi connectivity index (χ3n) is 6.22. The summed E-state index contributed by atoms with van der Waals surface area (Å²) in [5.74, 6) is 0.246. The number of rotatable bonds is 8. The smallest absolute Gasteiger partial charge is 0.414 e. The van der Waals surface area contributed by atoms with Crippen LogP contribution >= 0.6 is 11.6 Å². The van der Waals surface area contributed by atoms with Crippen LogP contribution < -0.4 is 20.4 Å². The number of anilines is 3. The highest BCUT2D eigenvalue weighted by Gasteiger charge is 2.33. The summed E-state index contributed by atoms with van der Waals surface area (Å²) in [6.07, 6.45) is -1.92. The number of nitrogens with zero attached hydrogens (tertiary/aromatic N) is 3. The third-order valence-corrected chi connectivity index (χ3v) is 6.46. The molecule has 0 spiro atoms. The Labute approximate surface area is 223 Å². The first-order chi connectivity index (χ1) is 18.5. The van der Waals surface area contributed by atoms with Gasteiger partial charge in [0.25, 0.3) is 0 Å². The summed E-state index contributed by atoms with van der Waals surface area (Å²) in [4.78, 5) is 32.2. The Hall–Kier alpha value is -3.83. The van der Waals surface area contributed by atoms with Gasteiger partial charge in [0.05, 0.1) is 36.6 Å². The quantitative estimate of drug-likeness (QED) is 0.410. The van der Waals surface area contributed by atoms with E-state index in [0.717, 1.165) is 10.9 Å². The second-order valence-electron chi connectivity index (χ2n) is 8.84. The molecule has 2 aromatic carbocycles. The number of morpholine rings is 1. The van der Waals surface area contributed by atoms with Crippen molar-refractivity contribution >= 4 is 51.9 Å². The summed E-state index contributed by atoms with van der Waals surface area (Å²) in [6, 6.07) is 13.8. The molecule has 1 atom stereocenters. The minimum absolute atomic E-state index is 0.120. The Morgan fingerprint density at radius 1 is 1.13 bits per heavy atom. The van der Waals surface area contributed by atoms with Gasteiger partial charge < -0.3 is 29.7 Å². The van der Waals surface area contributed by atoms with Gasteiger partial charge in [0.15, 0.2) is 6.10 Å². The van der Waals surface area contributed by atoms with Crippen molar-refractivity contribution in [3.05, 3.63) is 59.4 Å². The molecule has 3 aromatic rings. The van der Waals surface area contributed by atoms with Gasteiger partial charge in [-0.25, -0.2) is 19.0 Å². The Balaban J connectivity index is 1.04. The zero-order valence-corrected chi connectivity index (χ0v) is 21.2. The number of carbonyl (C=O) groups excluding carboxylic acids is 2. The average molecular weight is 544 g/mol. The molecule has 1 aromatic heterocycles. The fourth-order valence-corrected chi connectivity index (χ4v) is 4.49. The molecule has 2 aliphatic rings. The maximum Gasteiger partial charge on any atom is 0.414 e. The number of hydrogen-bond acceptors (Lipinski definition) is 8. The van der Waals surface area contributed by atoms with E-state index in [1.165, 1.54) is 11.0 Å². The number of alkyl carbamates (subject to hydrolysis) is 1. The van der Waals surface area contributed by atoms with Gasteiger partial charge in [-0.05, 0) is 48.5 Å². The monoisotopic (exact) mass is 543 g/mol. The molecule has 5 rings (SSSR count). The van der Waals surface area contributed by atoms with Crippen LogP contribution in [0.3, 0.4) is 0 Å². The van der Waals surface area contributed by atoms with Crippen LogP contribution in [-0.2, 0) is 14.2 Å². The normalized spacial score (nSPS) is 17.4. The molecule has 12 heteroatoms. The van der Waals surface area contributed by atoms with Gasteiger partial charge in [-0.2, -0.15) is 0 Å². The molecule has 2 N–H and O–H groups in total. The number of fused-ring (bicyclic) bond motifs is 1. The molecule has 3 heterocycles. The SMILES string of the molecule is O=C(NCCNc1ccc2cc(Cl)ccc2n1)OC[C@H]1CN(c2ccc(N3CCOCC3)c(F)c2)C(=O)O1. The molecule has 38 heavy (non-hydrogen) atoms. The average Bonchev–Trinajstić information content (AvgIpc) is 3.30. The Morgan fingerprint density at radius 2 is 1.97 bits per heavy atom. The summed E-state index contributed by atoms with van der Waals surface area (Å²) in [6.45, 7) is 3.05. The highest BCUT2D eigenvalue weighted by Crippen LogP contribution is 2.28. The van der Waals surface area contributed by atoms with Crippen LogP contribution in [0.4, 0.5) is 31.2 Å². The van der Waals surface area contributed by atoms with Crippen LogP contribution in [0.5, 0.6) is 0 Å². The van der Waals surface area contributed by atoms with Crippen LogP contribution in [0, 0.1) is 5.82 Å². The first-order valence-electron chi connectivity index (χ1n) is 12.3. The van der Waals surface area contributed by atoms with E-state index >= 15 is 0 Å². The van der Waals surface area contributed by atoms with Crippen molar-refractivity contribution in [2.75, 3.05) is 67.7 Å². The number of aromatic nitrogens is 1. The van der Waals surface area contributed by atoms with Gasteiger partial charge >= 0.3 is 12.2 Å². The molecule has 2 aliphatic heterocycles. The van der Waals surface area contributed by atoms with Crippen molar-refractivity contribution < 1.29 is 28.2 Å². The number of halogens is 2. The predicted octanol–water partition coefficient (Wildman–Crippen LogP) is 4.03. The number of ether oxygens (including phenoxy) is 3. The van der Waals surface area contributed by atoms with E-state index in [0.29, 0.717) is 61.6 Å². The number of benzene rings is 2. The molecule has 10 nitrogen and oxygen atoms in total.